The molecule has 8 rings (SSSR count). The monoisotopic (exact) mass is 795 g/mol. The number of nitrogens with two attached hydrogens (primary N) is 1. The van der Waals surface area contributed by atoms with Crippen molar-refractivity contribution in [3.05, 3.63) is 102 Å². The van der Waals surface area contributed by atoms with Crippen LogP contribution in [0.15, 0.2) is 96.2 Å². The number of amides is 5. The molecule has 3 aromatic carbocycles. The van der Waals surface area contributed by atoms with Gasteiger partial charge in [-0.1, -0.05) is 66.7 Å². The van der Waals surface area contributed by atoms with E-state index in [4.69, 9.17) is 15.1 Å². The normalized spacial score (nSPS) is 22.4. The van der Waals surface area contributed by atoms with Crippen molar-refractivity contribution >= 4 is 56.6 Å². The first kappa shape index (κ1) is 37.8. The average molecular weight is 796 g/mol. The Bertz CT molecular complexity index is 2360. The van der Waals surface area contributed by atoms with Gasteiger partial charge in [0.1, 0.15) is 12.2 Å². The van der Waals surface area contributed by atoms with E-state index in [2.05, 4.69) is 50.5 Å². The van der Waals surface area contributed by atoms with Crippen LogP contribution in [-0.2, 0) is 14.8 Å². The van der Waals surface area contributed by atoms with Gasteiger partial charge in [-0.25, -0.2) is 28.1 Å². The van der Waals surface area contributed by atoms with Gasteiger partial charge in [0.05, 0.1) is 29.9 Å². The maximum Gasteiger partial charge on any atom is 0.324 e. The highest BCUT2D eigenvalue weighted by atomic mass is 32.2. The Labute approximate surface area is 327 Å². The van der Waals surface area contributed by atoms with Crippen LogP contribution in [0.1, 0.15) is 35.9 Å². The van der Waals surface area contributed by atoms with Crippen LogP contribution in [0.5, 0.6) is 0 Å². The third-order valence-electron chi connectivity index (χ3n) is 10.7. The molecule has 1 saturated carbocycles. The number of benzene rings is 3. The van der Waals surface area contributed by atoms with Gasteiger partial charge in [0.15, 0.2) is 17.0 Å². The molecule has 57 heavy (non-hydrogen) atoms. The summed E-state index contributed by atoms with van der Waals surface area (Å²) < 4.78 is 25.3. The zero-order chi connectivity index (χ0) is 39.8. The van der Waals surface area contributed by atoms with Gasteiger partial charge in [-0.2, -0.15) is 9.97 Å². The lowest BCUT2D eigenvalue weighted by Gasteiger charge is -2.23. The number of anilines is 3. The molecule has 0 bridgehead atoms. The molecule has 19 heteroatoms. The number of rotatable bonds is 11. The summed E-state index contributed by atoms with van der Waals surface area (Å²) in [6.07, 6.45) is -0.647. The number of fused-ring (bicyclic) bond motifs is 1. The number of nitrogens with one attached hydrogen (secondary N) is 4. The number of imide groups is 1. The Morgan fingerprint density at radius 3 is 2.32 bits per heavy atom. The predicted octanol–water partition coefficient (Wildman–Crippen LogP) is 1.71. The van der Waals surface area contributed by atoms with E-state index >= 15 is 0 Å². The molecule has 2 aliphatic heterocycles. The third-order valence-corrected chi connectivity index (χ3v) is 11.6. The molecule has 5 aromatic rings. The summed E-state index contributed by atoms with van der Waals surface area (Å²) in [6.45, 7) is 1.05. The molecule has 3 aliphatic rings. The fourth-order valence-electron chi connectivity index (χ4n) is 7.86. The molecule has 5 atom stereocenters. The number of hydrogen-bond acceptors (Lipinski definition) is 12. The van der Waals surface area contributed by atoms with Crippen molar-refractivity contribution in [2.75, 3.05) is 41.7 Å². The van der Waals surface area contributed by atoms with E-state index in [-0.39, 0.29) is 35.5 Å². The topological polar surface area (TPSA) is 250 Å². The number of carbonyl (C=O) groups is 3. The second kappa shape index (κ2) is 15.4. The Kier molecular flexibility index (Phi) is 10.2. The first-order valence-corrected chi connectivity index (χ1v) is 20.0. The van der Waals surface area contributed by atoms with Crippen LogP contribution in [0.25, 0.3) is 11.2 Å². The highest BCUT2D eigenvalue weighted by molar-refractivity contribution is 7.89. The highest BCUT2D eigenvalue weighted by Crippen LogP contribution is 2.38. The Morgan fingerprint density at radius 1 is 0.947 bits per heavy atom. The maximum absolute atomic E-state index is 13.0. The zero-order valence-corrected chi connectivity index (χ0v) is 31.3. The molecular weight excluding hydrogens is 755 g/mol. The van der Waals surface area contributed by atoms with Crippen molar-refractivity contribution in [1.82, 2.24) is 35.1 Å². The number of aromatic nitrogens is 4. The van der Waals surface area contributed by atoms with Crippen LogP contribution in [-0.4, -0.2) is 111 Å². The van der Waals surface area contributed by atoms with Crippen LogP contribution in [0, 0.1) is 0 Å². The molecule has 2 saturated heterocycles. The van der Waals surface area contributed by atoms with Crippen molar-refractivity contribution in [3.63, 3.8) is 0 Å². The SMILES string of the molecule is NS(=O)(=O)c1cccc(NC(=O)NC2CCN(c3nc(NCC(c4ccccc4)c4ccccc4)c4ncn([C@@H]5C[C@H](N6C(=O)CNC6=O)[C@@H](O)[C@H]5O)c4n3)C2)c1. The summed E-state index contributed by atoms with van der Waals surface area (Å²) in [6, 6.07) is 22.5. The summed E-state index contributed by atoms with van der Waals surface area (Å²) in [5, 5.41) is 39.3. The zero-order valence-electron chi connectivity index (χ0n) is 30.5. The lowest BCUT2D eigenvalue weighted by Crippen LogP contribution is -2.46. The number of sulfonamides is 1. The summed E-state index contributed by atoms with van der Waals surface area (Å²) >= 11 is 0. The molecule has 8 N–H and O–H groups in total. The first-order valence-electron chi connectivity index (χ1n) is 18.4. The van der Waals surface area contributed by atoms with Crippen molar-refractivity contribution in [3.8, 4) is 0 Å². The van der Waals surface area contributed by atoms with E-state index in [1.54, 1.807) is 10.6 Å². The summed E-state index contributed by atoms with van der Waals surface area (Å²) in [4.78, 5) is 55.4. The Morgan fingerprint density at radius 2 is 1.65 bits per heavy atom. The molecule has 0 spiro atoms. The number of carbonyl (C=O) groups excluding carboxylic acids is 3. The molecule has 296 valence electrons. The molecule has 2 aromatic heterocycles. The number of aliphatic hydroxyl groups is 2. The molecule has 4 heterocycles. The predicted molar refractivity (Wildman–Crippen MR) is 209 cm³/mol. The smallest absolute Gasteiger partial charge is 0.324 e. The van der Waals surface area contributed by atoms with Crippen LogP contribution >= 0.6 is 0 Å². The molecule has 18 nitrogen and oxygen atoms in total. The standard InChI is InChI=1S/C38H41N11O7S/c39-57(55,56)26-13-7-12-24(16-26)43-37(53)44-25-14-15-47(20-25)36-45-34(40-18-27(22-8-3-1-4-9-22)23-10-5-2-6-11-23)31-35(46-36)48(21-42-31)28-17-29(33(52)32(28)51)49-30(50)19-41-38(49)54/h1-13,16,21,25,27-29,32-33,51-52H,14-15,17-20H2,(H,41,54)(H2,39,55,56)(H,40,45,46)(H2,43,44,53)/t25?,28-,29+,32+,33-/m1/s1. The van der Waals surface area contributed by atoms with Gasteiger partial charge < -0.3 is 40.9 Å². The number of nitrogens with zero attached hydrogens (tertiary/aromatic N) is 6. The van der Waals surface area contributed by atoms with Crippen molar-refractivity contribution < 1.29 is 33.0 Å². The molecule has 1 aliphatic carbocycles. The fraction of sp³-hybridized carbons (Fsp3) is 0.316. The largest absolute Gasteiger partial charge is 0.388 e. The van der Waals surface area contributed by atoms with Gasteiger partial charge in [0.2, 0.25) is 21.9 Å². The second-order valence-corrected chi connectivity index (χ2v) is 15.9. The van der Waals surface area contributed by atoms with E-state index in [0.717, 1.165) is 16.0 Å². The first-order chi connectivity index (χ1) is 27.4. The van der Waals surface area contributed by atoms with Gasteiger partial charge in [-0.3, -0.25) is 9.69 Å². The third kappa shape index (κ3) is 7.69. The quantitative estimate of drug-likeness (QED) is 0.0945. The summed E-state index contributed by atoms with van der Waals surface area (Å²) in [7, 11) is -3.96. The van der Waals surface area contributed by atoms with Gasteiger partial charge in [-0.05, 0) is 42.2 Å². The molecule has 1 unspecified atom stereocenters. The van der Waals surface area contributed by atoms with Crippen LogP contribution in [0.3, 0.4) is 0 Å². The van der Waals surface area contributed by atoms with Crippen molar-refractivity contribution in [2.45, 2.75) is 54.0 Å². The number of hydrogen-bond donors (Lipinski definition) is 7. The summed E-state index contributed by atoms with van der Waals surface area (Å²) in [5.41, 5.74) is 3.20. The highest BCUT2D eigenvalue weighted by Gasteiger charge is 2.50. The van der Waals surface area contributed by atoms with Gasteiger partial charge in [0.25, 0.3) is 0 Å². The average Bonchev–Trinajstić information content (AvgIpc) is 3.99. The van der Waals surface area contributed by atoms with E-state index in [9.17, 15) is 33.0 Å². The number of aliphatic hydroxyl groups excluding tert-OH is 2. The molecule has 0 radical (unpaired) electrons. The van der Waals surface area contributed by atoms with Crippen molar-refractivity contribution in [2.24, 2.45) is 5.14 Å². The van der Waals surface area contributed by atoms with Crippen molar-refractivity contribution in [1.29, 1.82) is 0 Å². The maximum atomic E-state index is 13.0. The molecular formula is C38H41N11O7S. The van der Waals surface area contributed by atoms with Crippen LogP contribution in [0.4, 0.5) is 27.0 Å². The van der Waals surface area contributed by atoms with E-state index in [1.807, 2.05) is 41.3 Å². The fourth-order valence-corrected chi connectivity index (χ4v) is 8.42. The van der Waals surface area contributed by atoms with E-state index in [0.29, 0.717) is 49.0 Å². The molecule has 3 fully saturated rings. The van der Waals surface area contributed by atoms with Crippen LogP contribution < -0.4 is 31.3 Å². The molecule has 5 amide bonds. The van der Waals surface area contributed by atoms with E-state index in [1.165, 1.54) is 24.5 Å². The second-order valence-electron chi connectivity index (χ2n) is 14.3. The minimum Gasteiger partial charge on any atom is -0.388 e. The number of urea groups is 2. The van der Waals surface area contributed by atoms with Crippen LogP contribution in [0.2, 0.25) is 0 Å². The van der Waals surface area contributed by atoms with Gasteiger partial charge in [0, 0.05) is 37.3 Å². The van der Waals surface area contributed by atoms with Gasteiger partial charge >= 0.3 is 12.1 Å². The Balaban J connectivity index is 1.08. The summed E-state index contributed by atoms with van der Waals surface area (Å²) in [5.74, 6) is 0.196. The van der Waals surface area contributed by atoms with Gasteiger partial charge in [-0.15, -0.1) is 0 Å². The lowest BCUT2D eigenvalue weighted by molar-refractivity contribution is -0.128. The number of imidazole rings is 1. The van der Waals surface area contributed by atoms with E-state index < -0.39 is 52.3 Å². The minimum atomic E-state index is -3.96. The Hall–Kier alpha value is -6.15. The lowest BCUT2D eigenvalue weighted by atomic mass is 9.91. The minimum absolute atomic E-state index is 0.0596. The number of primary sulfonamides is 1.